The molecule has 29 heavy (non-hydrogen) atoms. The lowest BCUT2D eigenvalue weighted by molar-refractivity contribution is -0.137. The van der Waals surface area contributed by atoms with Gasteiger partial charge in [0.2, 0.25) is 0 Å². The van der Waals surface area contributed by atoms with Gasteiger partial charge >= 0.3 is 6.18 Å². The number of methoxy groups -OCH3 is 1. The van der Waals surface area contributed by atoms with Gasteiger partial charge in [0.1, 0.15) is 18.1 Å². The van der Waals surface area contributed by atoms with E-state index in [-0.39, 0.29) is 11.4 Å². The molecule has 0 unspecified atom stereocenters. The molecule has 0 bridgehead atoms. The molecule has 0 radical (unpaired) electrons. The molecule has 0 aromatic heterocycles. The maximum Gasteiger partial charge on any atom is 0.416 e. The number of anilines is 1. The van der Waals surface area contributed by atoms with Gasteiger partial charge in [-0.3, -0.25) is 9.80 Å². The number of piperazine rings is 1. The molecule has 2 N–H and O–H groups in total. The first kappa shape index (κ1) is 21.3. The van der Waals surface area contributed by atoms with Crippen molar-refractivity contribution in [2.24, 2.45) is 0 Å². The summed E-state index contributed by atoms with van der Waals surface area (Å²) in [7, 11) is 1.66. The Morgan fingerprint density at radius 2 is 1.69 bits per heavy atom. The molecule has 8 heteroatoms. The van der Waals surface area contributed by atoms with Crippen molar-refractivity contribution in [3.63, 3.8) is 0 Å². The van der Waals surface area contributed by atoms with Gasteiger partial charge in [-0.15, -0.1) is 0 Å². The number of ether oxygens (including phenoxy) is 2. The van der Waals surface area contributed by atoms with Crippen LogP contribution in [-0.4, -0.2) is 56.2 Å². The largest absolute Gasteiger partial charge is 0.497 e. The Kier molecular flexibility index (Phi) is 6.87. The number of nitrogens with two attached hydrogens (primary N) is 1. The molecular weight excluding hydrogens is 383 g/mol. The van der Waals surface area contributed by atoms with E-state index in [1.165, 1.54) is 11.6 Å². The lowest BCUT2D eigenvalue weighted by Gasteiger charge is -2.34. The maximum atomic E-state index is 12.9. The highest BCUT2D eigenvalue weighted by Gasteiger charge is 2.31. The molecule has 1 fully saturated rings. The van der Waals surface area contributed by atoms with E-state index in [2.05, 4.69) is 15.9 Å². The SMILES string of the molecule is COc1cccc(CN2CCN(CCOc3cc(N)cc(C(F)(F)F)c3)CC2)c1. The topological polar surface area (TPSA) is 51.0 Å². The summed E-state index contributed by atoms with van der Waals surface area (Å²) in [6.45, 7) is 5.46. The number of nitrogen functional groups attached to an aromatic ring is 1. The minimum absolute atomic E-state index is 0.0426. The van der Waals surface area contributed by atoms with Gasteiger partial charge in [-0.05, 0) is 29.8 Å². The van der Waals surface area contributed by atoms with E-state index in [1.807, 2.05) is 18.2 Å². The van der Waals surface area contributed by atoms with Crippen LogP contribution in [0.25, 0.3) is 0 Å². The zero-order valence-corrected chi connectivity index (χ0v) is 16.4. The van der Waals surface area contributed by atoms with Gasteiger partial charge in [-0.1, -0.05) is 12.1 Å². The van der Waals surface area contributed by atoms with Crippen LogP contribution >= 0.6 is 0 Å². The minimum Gasteiger partial charge on any atom is -0.497 e. The van der Waals surface area contributed by atoms with Crippen LogP contribution < -0.4 is 15.2 Å². The maximum absolute atomic E-state index is 12.9. The van der Waals surface area contributed by atoms with Crippen LogP contribution in [-0.2, 0) is 12.7 Å². The van der Waals surface area contributed by atoms with Gasteiger partial charge in [0.25, 0.3) is 0 Å². The summed E-state index contributed by atoms with van der Waals surface area (Å²) in [5.41, 5.74) is 6.02. The molecule has 3 rings (SSSR count). The summed E-state index contributed by atoms with van der Waals surface area (Å²) < 4.78 is 49.4. The molecule has 2 aromatic rings. The molecule has 0 atom stereocenters. The molecule has 5 nitrogen and oxygen atoms in total. The van der Waals surface area contributed by atoms with Crippen molar-refractivity contribution in [1.29, 1.82) is 0 Å². The second-order valence-electron chi connectivity index (χ2n) is 7.11. The number of halogens is 3. The van der Waals surface area contributed by atoms with Gasteiger partial charge in [-0.25, -0.2) is 0 Å². The van der Waals surface area contributed by atoms with Gasteiger partial charge in [-0.2, -0.15) is 13.2 Å². The average Bonchev–Trinajstić information content (AvgIpc) is 2.68. The molecule has 158 valence electrons. The second-order valence-corrected chi connectivity index (χ2v) is 7.11. The molecule has 1 saturated heterocycles. The summed E-state index contributed by atoms with van der Waals surface area (Å²) in [6, 6.07) is 11.4. The highest BCUT2D eigenvalue weighted by atomic mass is 19.4. The van der Waals surface area contributed by atoms with Crippen LogP contribution in [0.4, 0.5) is 18.9 Å². The Morgan fingerprint density at radius 3 is 2.38 bits per heavy atom. The minimum atomic E-state index is -4.44. The van der Waals surface area contributed by atoms with Crippen LogP contribution in [0.2, 0.25) is 0 Å². The van der Waals surface area contributed by atoms with Gasteiger partial charge in [0.15, 0.2) is 0 Å². The average molecular weight is 409 g/mol. The third-order valence-corrected chi connectivity index (χ3v) is 4.94. The smallest absolute Gasteiger partial charge is 0.416 e. The first-order valence-electron chi connectivity index (χ1n) is 9.52. The van der Waals surface area contributed by atoms with E-state index in [0.29, 0.717) is 13.2 Å². The standard InChI is InChI=1S/C21H26F3N3O2/c1-28-19-4-2-3-16(11-19)15-27-7-5-26(6-8-27)9-10-29-20-13-17(21(22,23)24)12-18(25)14-20/h2-4,11-14H,5-10,15,25H2,1H3. The molecule has 0 saturated carbocycles. The van der Waals surface area contributed by atoms with Gasteiger partial charge < -0.3 is 15.2 Å². The number of hydrogen-bond donors (Lipinski definition) is 1. The lowest BCUT2D eigenvalue weighted by Crippen LogP contribution is -2.47. The molecule has 0 spiro atoms. The van der Waals surface area contributed by atoms with Crippen molar-refractivity contribution in [3.8, 4) is 11.5 Å². The zero-order chi connectivity index (χ0) is 20.9. The number of nitrogens with zero attached hydrogens (tertiary/aromatic N) is 2. The van der Waals surface area contributed by atoms with Crippen LogP contribution in [0.3, 0.4) is 0 Å². The third-order valence-electron chi connectivity index (χ3n) is 4.94. The fourth-order valence-electron chi connectivity index (χ4n) is 3.36. The summed E-state index contributed by atoms with van der Waals surface area (Å²) in [6.07, 6.45) is -4.44. The Bertz CT molecular complexity index is 806. The van der Waals surface area contributed by atoms with Crippen molar-refractivity contribution >= 4 is 5.69 Å². The van der Waals surface area contributed by atoms with Crippen molar-refractivity contribution < 1.29 is 22.6 Å². The van der Waals surface area contributed by atoms with Crippen molar-refractivity contribution in [3.05, 3.63) is 53.6 Å². The Balaban J connectivity index is 1.43. The fraction of sp³-hybridized carbons (Fsp3) is 0.429. The van der Waals surface area contributed by atoms with E-state index in [4.69, 9.17) is 15.2 Å². The predicted octanol–water partition coefficient (Wildman–Crippen LogP) is 3.49. The van der Waals surface area contributed by atoms with Gasteiger partial charge in [0, 0.05) is 51.0 Å². The molecule has 2 aromatic carbocycles. The van der Waals surface area contributed by atoms with Crippen LogP contribution in [0, 0.1) is 0 Å². The summed E-state index contributed by atoms with van der Waals surface area (Å²) in [4.78, 5) is 4.62. The van der Waals surface area contributed by atoms with Crippen LogP contribution in [0.15, 0.2) is 42.5 Å². The van der Waals surface area contributed by atoms with E-state index in [9.17, 15) is 13.2 Å². The summed E-state index contributed by atoms with van der Waals surface area (Å²) >= 11 is 0. The summed E-state index contributed by atoms with van der Waals surface area (Å²) in [5.74, 6) is 1.00. The Labute approximate surface area is 168 Å². The lowest BCUT2D eigenvalue weighted by atomic mass is 10.2. The van der Waals surface area contributed by atoms with Crippen molar-refractivity contribution in [1.82, 2.24) is 9.80 Å². The normalized spacial score (nSPS) is 16.0. The van der Waals surface area contributed by atoms with E-state index >= 15 is 0 Å². The second kappa shape index (κ2) is 9.37. The quantitative estimate of drug-likeness (QED) is 0.710. The Hall–Kier alpha value is -2.45. The monoisotopic (exact) mass is 409 g/mol. The van der Waals surface area contributed by atoms with Crippen molar-refractivity contribution in [2.75, 3.05) is 52.2 Å². The molecule has 1 aliphatic rings. The molecule has 0 amide bonds. The molecule has 1 heterocycles. The van der Waals surface area contributed by atoms with Crippen LogP contribution in [0.1, 0.15) is 11.1 Å². The van der Waals surface area contributed by atoms with Crippen molar-refractivity contribution in [2.45, 2.75) is 12.7 Å². The number of rotatable bonds is 7. The number of hydrogen-bond acceptors (Lipinski definition) is 5. The highest BCUT2D eigenvalue weighted by Crippen LogP contribution is 2.33. The van der Waals surface area contributed by atoms with Crippen LogP contribution in [0.5, 0.6) is 11.5 Å². The first-order valence-corrected chi connectivity index (χ1v) is 9.52. The highest BCUT2D eigenvalue weighted by molar-refractivity contribution is 5.48. The summed E-state index contributed by atoms with van der Waals surface area (Å²) in [5, 5.41) is 0. The number of benzene rings is 2. The number of alkyl halides is 3. The third kappa shape index (κ3) is 6.27. The van der Waals surface area contributed by atoms with E-state index in [1.54, 1.807) is 7.11 Å². The molecular formula is C21H26F3N3O2. The zero-order valence-electron chi connectivity index (χ0n) is 16.4. The first-order chi connectivity index (χ1) is 13.8. The van der Waals surface area contributed by atoms with Gasteiger partial charge in [0.05, 0.1) is 12.7 Å². The molecule has 1 aliphatic heterocycles. The van der Waals surface area contributed by atoms with E-state index in [0.717, 1.165) is 50.6 Å². The molecule has 0 aliphatic carbocycles. The Morgan fingerprint density at radius 1 is 0.966 bits per heavy atom. The fourth-order valence-corrected chi connectivity index (χ4v) is 3.36. The van der Waals surface area contributed by atoms with E-state index < -0.39 is 11.7 Å². The predicted molar refractivity (Wildman–Crippen MR) is 106 cm³/mol.